The highest BCUT2D eigenvalue weighted by Gasteiger charge is 2.47. The summed E-state index contributed by atoms with van der Waals surface area (Å²) in [6.07, 6.45) is 3.13. The van der Waals surface area contributed by atoms with Gasteiger partial charge in [0.2, 0.25) is 5.91 Å². The van der Waals surface area contributed by atoms with Crippen molar-refractivity contribution < 1.29 is 24.2 Å². The molecule has 1 aromatic heterocycles. The van der Waals surface area contributed by atoms with Gasteiger partial charge < -0.3 is 20.1 Å². The molecule has 1 unspecified atom stereocenters. The van der Waals surface area contributed by atoms with Crippen molar-refractivity contribution in [1.82, 2.24) is 4.98 Å². The van der Waals surface area contributed by atoms with Crippen LogP contribution in [0.5, 0.6) is 5.75 Å². The molecule has 2 aromatic carbocycles. The van der Waals surface area contributed by atoms with E-state index in [2.05, 4.69) is 10.3 Å². The first-order chi connectivity index (χ1) is 17.3. The van der Waals surface area contributed by atoms with E-state index in [-0.39, 0.29) is 17.2 Å². The number of nitrogens with zero attached hydrogens (tertiary/aromatic N) is 3. The van der Waals surface area contributed by atoms with Gasteiger partial charge in [0.15, 0.2) is 0 Å². The van der Waals surface area contributed by atoms with Gasteiger partial charge in [-0.1, -0.05) is 6.07 Å². The maximum absolute atomic E-state index is 13.4. The number of Topliss-reactive ketones (excluding diaryl/α,β-unsaturated/α-hetero) is 1. The molecule has 5 rings (SSSR count). The van der Waals surface area contributed by atoms with Crippen LogP contribution in [0.1, 0.15) is 24.1 Å². The van der Waals surface area contributed by atoms with Crippen LogP contribution in [0.15, 0.2) is 72.6 Å². The minimum absolute atomic E-state index is 0.0320. The van der Waals surface area contributed by atoms with E-state index in [0.29, 0.717) is 41.4 Å². The summed E-state index contributed by atoms with van der Waals surface area (Å²) in [7, 11) is 1.92. The van der Waals surface area contributed by atoms with Crippen LogP contribution in [-0.2, 0) is 14.4 Å². The van der Waals surface area contributed by atoms with Crippen LogP contribution in [0.2, 0.25) is 0 Å². The van der Waals surface area contributed by atoms with E-state index in [1.54, 1.807) is 67.0 Å². The number of carbonyl (C=O) groups excluding carboxylic acids is 3. The molecule has 2 aliphatic rings. The van der Waals surface area contributed by atoms with Crippen molar-refractivity contribution in [2.45, 2.75) is 13.0 Å². The lowest BCUT2D eigenvalue weighted by Gasteiger charge is -2.28. The first-order valence-electron chi connectivity index (χ1n) is 11.4. The van der Waals surface area contributed by atoms with Crippen molar-refractivity contribution in [1.29, 1.82) is 0 Å². The number of aliphatic hydroxyl groups excluding tert-OH is 1. The first kappa shape index (κ1) is 23.1. The predicted molar refractivity (Wildman–Crippen MR) is 135 cm³/mol. The number of likely N-dealkylation sites (N-methyl/N-ethyl adjacent to an activating group) is 1. The number of benzene rings is 2. The molecular formula is C27H24N4O5. The topological polar surface area (TPSA) is 112 Å². The molecular weight excluding hydrogens is 460 g/mol. The van der Waals surface area contributed by atoms with E-state index in [9.17, 15) is 19.5 Å². The molecule has 0 saturated carbocycles. The van der Waals surface area contributed by atoms with Gasteiger partial charge in [-0.3, -0.25) is 24.3 Å². The number of aliphatic hydroxyl groups is 1. The summed E-state index contributed by atoms with van der Waals surface area (Å²) >= 11 is 0. The third-order valence-corrected chi connectivity index (χ3v) is 6.24. The Morgan fingerprint density at radius 1 is 1.11 bits per heavy atom. The average molecular weight is 485 g/mol. The zero-order valence-electron chi connectivity index (χ0n) is 19.8. The first-order valence-corrected chi connectivity index (χ1v) is 11.4. The number of ketones is 1. The van der Waals surface area contributed by atoms with Crippen molar-refractivity contribution in [2.24, 2.45) is 0 Å². The second-order valence-electron chi connectivity index (χ2n) is 8.63. The van der Waals surface area contributed by atoms with E-state index >= 15 is 0 Å². The number of nitrogens with one attached hydrogen (secondary N) is 1. The number of amides is 2. The van der Waals surface area contributed by atoms with E-state index in [0.717, 1.165) is 5.69 Å². The maximum atomic E-state index is 13.4. The summed E-state index contributed by atoms with van der Waals surface area (Å²) in [5.41, 5.74) is 2.64. The molecule has 1 fully saturated rings. The Morgan fingerprint density at radius 3 is 2.64 bits per heavy atom. The molecule has 9 nitrogen and oxygen atoms in total. The summed E-state index contributed by atoms with van der Waals surface area (Å²) in [6.45, 7) is 2.62. The van der Waals surface area contributed by atoms with Gasteiger partial charge in [-0.2, -0.15) is 0 Å². The van der Waals surface area contributed by atoms with E-state index in [1.807, 2.05) is 11.9 Å². The van der Waals surface area contributed by atoms with Crippen molar-refractivity contribution in [3.8, 4) is 5.75 Å². The molecule has 1 saturated heterocycles. The zero-order valence-corrected chi connectivity index (χ0v) is 19.8. The van der Waals surface area contributed by atoms with Crippen LogP contribution in [0.25, 0.3) is 5.76 Å². The van der Waals surface area contributed by atoms with Crippen molar-refractivity contribution in [3.63, 3.8) is 0 Å². The Hall–Kier alpha value is -4.66. The Morgan fingerprint density at radius 2 is 1.89 bits per heavy atom. The minimum atomic E-state index is -0.898. The van der Waals surface area contributed by atoms with Gasteiger partial charge in [0.05, 0.1) is 23.8 Å². The van der Waals surface area contributed by atoms with Gasteiger partial charge in [0.1, 0.15) is 18.1 Å². The highest BCUT2D eigenvalue weighted by molar-refractivity contribution is 6.51. The van der Waals surface area contributed by atoms with Crippen LogP contribution in [0.4, 0.5) is 17.1 Å². The highest BCUT2D eigenvalue weighted by atomic mass is 16.5. The normalized spacial score (nSPS) is 18.6. The van der Waals surface area contributed by atoms with Gasteiger partial charge in [-0.05, 0) is 54.1 Å². The standard InChI is InChI=1S/C27H24N4O5/c1-16(32)29-19-4-3-5-20(15-19)31-24(17-8-10-28-11-9-17)23(26(34)27(31)35)25(33)18-6-7-22-21(14-18)30(2)12-13-36-22/h3-11,14-15,24,33H,12-13H2,1-2H3,(H,29,32)/b25-23-. The molecule has 1 atom stereocenters. The third-order valence-electron chi connectivity index (χ3n) is 6.24. The van der Waals surface area contributed by atoms with Crippen molar-refractivity contribution in [3.05, 3.63) is 83.7 Å². The van der Waals surface area contributed by atoms with Crippen LogP contribution in [0, 0.1) is 0 Å². The van der Waals surface area contributed by atoms with Crippen LogP contribution < -0.4 is 19.9 Å². The molecule has 3 heterocycles. The number of carbonyl (C=O) groups is 3. The second kappa shape index (κ2) is 9.18. The smallest absolute Gasteiger partial charge is 0.300 e. The Labute approximate surface area is 207 Å². The summed E-state index contributed by atoms with van der Waals surface area (Å²) in [4.78, 5) is 45.7. The Balaban J connectivity index is 1.67. The van der Waals surface area contributed by atoms with E-state index < -0.39 is 17.7 Å². The minimum Gasteiger partial charge on any atom is -0.507 e. The summed E-state index contributed by atoms with van der Waals surface area (Å²) in [5.74, 6) is -1.45. The fraction of sp³-hybridized carbons (Fsp3) is 0.185. The van der Waals surface area contributed by atoms with Gasteiger partial charge in [-0.25, -0.2) is 0 Å². The lowest BCUT2D eigenvalue weighted by Crippen LogP contribution is -2.29. The van der Waals surface area contributed by atoms with E-state index in [4.69, 9.17) is 4.74 Å². The number of ether oxygens (including phenoxy) is 1. The fourth-order valence-corrected chi connectivity index (χ4v) is 4.55. The van der Waals surface area contributed by atoms with Gasteiger partial charge in [0.25, 0.3) is 11.7 Å². The molecule has 0 radical (unpaired) electrons. The number of hydrogen-bond acceptors (Lipinski definition) is 7. The van der Waals surface area contributed by atoms with Gasteiger partial charge in [0, 0.05) is 43.3 Å². The average Bonchev–Trinajstić information content (AvgIpc) is 3.14. The molecule has 0 bridgehead atoms. The molecule has 0 spiro atoms. The quantitative estimate of drug-likeness (QED) is 0.331. The molecule has 2 aliphatic heterocycles. The molecule has 3 aromatic rings. The number of hydrogen-bond donors (Lipinski definition) is 2. The van der Waals surface area contributed by atoms with Gasteiger partial charge in [-0.15, -0.1) is 0 Å². The lowest BCUT2D eigenvalue weighted by atomic mass is 9.95. The van der Waals surface area contributed by atoms with Crippen molar-refractivity contribution in [2.75, 3.05) is 35.3 Å². The fourth-order valence-electron chi connectivity index (χ4n) is 4.55. The number of anilines is 3. The molecule has 182 valence electrons. The monoisotopic (exact) mass is 484 g/mol. The number of pyridine rings is 1. The third kappa shape index (κ3) is 4.04. The summed E-state index contributed by atoms with van der Waals surface area (Å²) in [6, 6.07) is 14.3. The molecule has 2 amide bonds. The maximum Gasteiger partial charge on any atom is 0.300 e. The molecule has 9 heteroatoms. The van der Waals surface area contributed by atoms with Crippen molar-refractivity contribution >= 4 is 40.4 Å². The van der Waals surface area contributed by atoms with E-state index in [1.165, 1.54) is 11.8 Å². The molecule has 0 aliphatic carbocycles. The lowest BCUT2D eigenvalue weighted by molar-refractivity contribution is -0.132. The second-order valence-corrected chi connectivity index (χ2v) is 8.63. The SMILES string of the molecule is CC(=O)Nc1cccc(N2C(=O)C(=O)/C(=C(\O)c3ccc4c(c3)N(C)CCO4)C2c2ccncc2)c1. The zero-order chi connectivity index (χ0) is 25.4. The Kier molecular flexibility index (Phi) is 5.89. The summed E-state index contributed by atoms with van der Waals surface area (Å²) < 4.78 is 5.69. The van der Waals surface area contributed by atoms with Crippen LogP contribution in [0.3, 0.4) is 0 Å². The number of aromatic nitrogens is 1. The largest absolute Gasteiger partial charge is 0.507 e. The molecule has 2 N–H and O–H groups in total. The summed E-state index contributed by atoms with van der Waals surface area (Å²) in [5, 5.41) is 14.1. The van der Waals surface area contributed by atoms with Gasteiger partial charge >= 0.3 is 0 Å². The van der Waals surface area contributed by atoms with Crippen LogP contribution in [-0.4, -0.2) is 47.9 Å². The number of rotatable bonds is 4. The van der Waals surface area contributed by atoms with Crippen LogP contribution >= 0.6 is 0 Å². The molecule has 36 heavy (non-hydrogen) atoms. The number of fused-ring (bicyclic) bond motifs is 1. The highest BCUT2D eigenvalue weighted by Crippen LogP contribution is 2.43. The Bertz CT molecular complexity index is 1400. The predicted octanol–water partition coefficient (Wildman–Crippen LogP) is 3.49.